The summed E-state index contributed by atoms with van der Waals surface area (Å²) in [5.41, 5.74) is -0.214. The molecule has 0 aromatic rings. The van der Waals surface area contributed by atoms with E-state index in [-0.39, 0.29) is 11.4 Å². The van der Waals surface area contributed by atoms with E-state index in [1.165, 1.54) is 6.20 Å². The van der Waals surface area contributed by atoms with Gasteiger partial charge in [-0.1, -0.05) is 13.8 Å². The van der Waals surface area contributed by atoms with Crippen molar-refractivity contribution in [1.29, 1.82) is 0 Å². The Morgan fingerprint density at radius 2 is 1.94 bits per heavy atom. The topological polar surface area (TPSA) is 155 Å². The van der Waals surface area contributed by atoms with Crippen LogP contribution in [0.15, 0.2) is 23.2 Å². The van der Waals surface area contributed by atoms with E-state index in [4.69, 9.17) is 14.0 Å². The molecule has 5 unspecified atom stereocenters. The zero-order chi connectivity index (χ0) is 22.7. The first-order chi connectivity index (χ1) is 14.4. The van der Waals surface area contributed by atoms with Crippen LogP contribution in [0.2, 0.25) is 0 Å². The van der Waals surface area contributed by atoms with Crippen LogP contribution < -0.4 is 5.32 Å². The van der Waals surface area contributed by atoms with E-state index < -0.39 is 57.5 Å². The van der Waals surface area contributed by atoms with Gasteiger partial charge in [-0.2, -0.15) is 0 Å². The minimum absolute atomic E-state index is 0.105. The van der Waals surface area contributed by atoms with Gasteiger partial charge in [0.25, 0.3) is 5.91 Å². The van der Waals surface area contributed by atoms with Crippen molar-refractivity contribution in [3.63, 3.8) is 0 Å². The van der Waals surface area contributed by atoms with Crippen molar-refractivity contribution < 1.29 is 42.6 Å². The maximum Gasteiger partial charge on any atom is 0.331 e. The van der Waals surface area contributed by atoms with Gasteiger partial charge in [0.1, 0.15) is 24.1 Å². The highest BCUT2D eigenvalue weighted by Crippen LogP contribution is 2.54. The Labute approximate surface area is 180 Å². The number of ether oxygens (including phenoxy) is 2. The molecule has 1 amide bonds. The molecule has 0 radical (unpaired) electrons. The van der Waals surface area contributed by atoms with E-state index in [0.29, 0.717) is 18.1 Å². The third-order valence-electron chi connectivity index (χ3n) is 5.82. The second-order valence-corrected chi connectivity index (χ2v) is 12.8. The molecule has 4 N–H and O–H groups in total. The number of hydrogen-bond donors (Lipinski definition) is 4. The summed E-state index contributed by atoms with van der Waals surface area (Å²) >= 11 is 0. The van der Waals surface area contributed by atoms with E-state index in [0.717, 1.165) is 12.8 Å². The first kappa shape index (κ1) is 23.1. The molecule has 0 aromatic heterocycles. The summed E-state index contributed by atoms with van der Waals surface area (Å²) in [6.45, 7) is 5.12. The first-order valence-electron chi connectivity index (χ1n) is 10.2. The van der Waals surface area contributed by atoms with Crippen molar-refractivity contribution in [3.05, 3.63) is 23.2 Å². The van der Waals surface area contributed by atoms with Crippen LogP contribution in [0.4, 0.5) is 0 Å². The largest absolute Gasteiger partial charge is 0.370 e. The molecule has 1 saturated carbocycles. The molecule has 0 aromatic carbocycles. The standard InChI is InChI=1S/C18H28N2O9P2/c1-9(2)31(25,26)29-14-13-12(8-30(22,23)24)16-19-17(21)10(3)6-20(16)18(28-13)15(14)27-7-11-4-5-11/h6,9,11,13-15,18H,4-5,7-8H2,1-3H3,(H,19,21)(H,25,26)(H2,22,23,24). The van der Waals surface area contributed by atoms with Crippen molar-refractivity contribution in [2.24, 2.45) is 5.92 Å². The van der Waals surface area contributed by atoms with Gasteiger partial charge in [0.2, 0.25) is 0 Å². The Kier molecular flexibility index (Phi) is 6.03. The Morgan fingerprint density at radius 1 is 1.26 bits per heavy atom. The lowest BCUT2D eigenvalue weighted by Gasteiger charge is -2.40. The lowest BCUT2D eigenvalue weighted by atomic mass is 10.0. The van der Waals surface area contributed by atoms with Gasteiger partial charge in [-0.15, -0.1) is 0 Å². The van der Waals surface area contributed by atoms with E-state index in [1.807, 2.05) is 0 Å². The Balaban J connectivity index is 1.76. The molecular weight excluding hydrogens is 450 g/mol. The summed E-state index contributed by atoms with van der Waals surface area (Å²) in [5.74, 6) is 0.190. The fraction of sp³-hybridized carbons (Fsp3) is 0.722. The van der Waals surface area contributed by atoms with Crippen molar-refractivity contribution in [3.8, 4) is 0 Å². The maximum absolute atomic E-state index is 12.7. The number of nitrogens with zero attached hydrogens (tertiary/aromatic N) is 1. The maximum atomic E-state index is 12.7. The molecule has 0 spiro atoms. The molecule has 5 atom stereocenters. The molecule has 3 aliphatic heterocycles. The van der Waals surface area contributed by atoms with Crippen molar-refractivity contribution in [2.75, 3.05) is 12.8 Å². The number of carbonyl (C=O) groups excluding carboxylic acids is 1. The summed E-state index contributed by atoms with van der Waals surface area (Å²) in [6.07, 6.45) is -0.819. The van der Waals surface area contributed by atoms with Gasteiger partial charge in [-0.05, 0) is 25.7 Å². The lowest BCUT2D eigenvalue weighted by molar-refractivity contribution is -0.121. The molecule has 1 saturated heterocycles. The summed E-state index contributed by atoms with van der Waals surface area (Å²) in [6, 6.07) is 0. The summed E-state index contributed by atoms with van der Waals surface area (Å²) in [7, 11) is -8.64. The average molecular weight is 478 g/mol. The molecule has 4 rings (SSSR count). The quantitative estimate of drug-likeness (QED) is 0.374. The van der Waals surface area contributed by atoms with Crippen LogP contribution in [0.1, 0.15) is 33.6 Å². The van der Waals surface area contributed by atoms with E-state index >= 15 is 0 Å². The third-order valence-corrected chi connectivity index (χ3v) is 8.42. The van der Waals surface area contributed by atoms with Crippen LogP contribution >= 0.6 is 15.2 Å². The molecule has 31 heavy (non-hydrogen) atoms. The first-order valence-corrected chi connectivity index (χ1v) is 13.7. The van der Waals surface area contributed by atoms with Crippen LogP contribution in [-0.4, -0.2) is 68.5 Å². The van der Waals surface area contributed by atoms with Crippen LogP contribution in [0, 0.1) is 5.92 Å². The Bertz CT molecular complexity index is 923. The van der Waals surface area contributed by atoms with Crippen LogP contribution in [0.3, 0.4) is 0 Å². The number of amides is 1. The third kappa shape index (κ3) is 4.70. The summed E-state index contributed by atoms with van der Waals surface area (Å²) in [5, 5.41) is 2.68. The molecule has 11 nitrogen and oxygen atoms in total. The lowest BCUT2D eigenvalue weighted by Crippen LogP contribution is -2.50. The number of fused-ring (bicyclic) bond motifs is 4. The van der Waals surface area contributed by atoms with Gasteiger partial charge in [-0.25, -0.2) is 0 Å². The van der Waals surface area contributed by atoms with Crippen molar-refractivity contribution in [1.82, 2.24) is 10.2 Å². The monoisotopic (exact) mass is 478 g/mol. The molecule has 2 fully saturated rings. The van der Waals surface area contributed by atoms with Gasteiger partial charge >= 0.3 is 15.2 Å². The highest BCUT2D eigenvalue weighted by Gasteiger charge is 2.58. The number of nitrogens with one attached hydrogen (secondary N) is 1. The zero-order valence-corrected chi connectivity index (χ0v) is 19.3. The number of rotatable bonds is 8. The minimum atomic E-state index is -4.57. The fourth-order valence-electron chi connectivity index (χ4n) is 3.83. The summed E-state index contributed by atoms with van der Waals surface area (Å²) < 4.78 is 42.4. The van der Waals surface area contributed by atoms with Gasteiger partial charge in [0, 0.05) is 17.3 Å². The van der Waals surface area contributed by atoms with Gasteiger partial charge in [0.15, 0.2) is 6.23 Å². The van der Waals surface area contributed by atoms with Gasteiger partial charge < -0.3 is 34.4 Å². The van der Waals surface area contributed by atoms with E-state index in [1.54, 1.807) is 25.7 Å². The van der Waals surface area contributed by atoms with Crippen molar-refractivity contribution >= 4 is 21.1 Å². The van der Waals surface area contributed by atoms with E-state index in [2.05, 4.69) is 5.32 Å². The summed E-state index contributed by atoms with van der Waals surface area (Å²) in [4.78, 5) is 43.6. The van der Waals surface area contributed by atoms with Crippen LogP contribution in [0.25, 0.3) is 0 Å². The second kappa shape index (κ2) is 8.08. The predicted molar refractivity (Wildman–Crippen MR) is 109 cm³/mol. The Morgan fingerprint density at radius 3 is 2.52 bits per heavy atom. The molecule has 3 heterocycles. The molecule has 13 heteroatoms. The molecule has 1 aliphatic carbocycles. The SMILES string of the molecule is CC1=CN2C(=C(CP(=O)(O)O)C3OC2C(OCC2CC2)C3OP(=O)(O)C(C)C)NC1=O. The van der Waals surface area contributed by atoms with Crippen LogP contribution in [0.5, 0.6) is 0 Å². The van der Waals surface area contributed by atoms with Crippen LogP contribution in [-0.2, 0) is 27.9 Å². The minimum Gasteiger partial charge on any atom is -0.370 e. The second-order valence-electron chi connectivity index (χ2n) is 8.79. The predicted octanol–water partition coefficient (Wildman–Crippen LogP) is 1.22. The fourth-order valence-corrected chi connectivity index (χ4v) is 5.43. The Hall–Kier alpha value is -1.03. The van der Waals surface area contributed by atoms with Crippen molar-refractivity contribution in [2.45, 2.75) is 63.8 Å². The molecule has 2 bridgehead atoms. The zero-order valence-electron chi connectivity index (χ0n) is 17.5. The number of hydrogen-bond acceptors (Lipinski definition) is 7. The molecule has 174 valence electrons. The average Bonchev–Trinajstić information content (AvgIpc) is 3.42. The molecular formula is C18H28N2O9P2. The highest BCUT2D eigenvalue weighted by atomic mass is 31.2. The van der Waals surface area contributed by atoms with Gasteiger partial charge in [-0.3, -0.25) is 18.4 Å². The normalized spacial score (nSPS) is 32.7. The molecule has 4 aliphatic rings. The van der Waals surface area contributed by atoms with Gasteiger partial charge in [0.05, 0.1) is 18.4 Å². The highest BCUT2D eigenvalue weighted by molar-refractivity contribution is 7.53. The smallest absolute Gasteiger partial charge is 0.331 e. The van der Waals surface area contributed by atoms with E-state index in [9.17, 15) is 28.6 Å². The number of carbonyl (C=O) groups is 1.